The van der Waals surface area contributed by atoms with Crippen molar-refractivity contribution in [3.05, 3.63) is 42.2 Å². The van der Waals surface area contributed by atoms with Crippen LogP contribution in [0.5, 0.6) is 0 Å². The summed E-state index contributed by atoms with van der Waals surface area (Å²) in [6.07, 6.45) is 4.38. The summed E-state index contributed by atoms with van der Waals surface area (Å²) in [7, 11) is 5.48. The van der Waals surface area contributed by atoms with Crippen molar-refractivity contribution < 1.29 is 4.79 Å². The maximum atomic E-state index is 11.7. The minimum absolute atomic E-state index is 0.143. The van der Waals surface area contributed by atoms with Crippen LogP contribution in [0, 0.1) is 0 Å². The van der Waals surface area contributed by atoms with E-state index in [0.717, 1.165) is 17.7 Å². The number of amides is 1. The standard InChI is InChI=1S/C17H24N4O/c1-13(8-17(22)20(2)3)18-10-14-6-5-7-15(9-14)16-11-19-21(4)12-16/h5-7,9,11-13,18H,8,10H2,1-4H3/t13-/m1/s1. The Morgan fingerprint density at radius 2 is 2.14 bits per heavy atom. The molecule has 1 N–H and O–H groups in total. The second-order valence-corrected chi connectivity index (χ2v) is 5.88. The third-order valence-corrected chi connectivity index (χ3v) is 3.60. The van der Waals surface area contributed by atoms with E-state index in [1.165, 1.54) is 5.56 Å². The Hall–Kier alpha value is -2.14. The van der Waals surface area contributed by atoms with Crippen molar-refractivity contribution in [1.82, 2.24) is 20.0 Å². The van der Waals surface area contributed by atoms with Gasteiger partial charge in [0.05, 0.1) is 6.20 Å². The van der Waals surface area contributed by atoms with Crippen LogP contribution >= 0.6 is 0 Å². The van der Waals surface area contributed by atoms with Gasteiger partial charge in [-0.1, -0.05) is 18.2 Å². The lowest BCUT2D eigenvalue weighted by molar-refractivity contribution is -0.129. The van der Waals surface area contributed by atoms with Gasteiger partial charge in [-0.3, -0.25) is 9.48 Å². The smallest absolute Gasteiger partial charge is 0.223 e. The predicted octanol–water partition coefficient (Wildman–Crippen LogP) is 2.04. The van der Waals surface area contributed by atoms with Gasteiger partial charge in [0, 0.05) is 51.9 Å². The van der Waals surface area contributed by atoms with Crippen molar-refractivity contribution in [2.75, 3.05) is 14.1 Å². The van der Waals surface area contributed by atoms with Crippen molar-refractivity contribution >= 4 is 5.91 Å². The molecule has 0 bridgehead atoms. The number of aryl methyl sites for hydroxylation is 1. The fourth-order valence-electron chi connectivity index (χ4n) is 2.24. The van der Waals surface area contributed by atoms with Crippen LogP contribution in [0.1, 0.15) is 18.9 Å². The molecular formula is C17H24N4O. The number of aromatic nitrogens is 2. The molecule has 0 spiro atoms. The number of rotatable bonds is 6. The molecule has 1 atom stereocenters. The molecule has 1 aromatic carbocycles. The second-order valence-electron chi connectivity index (χ2n) is 5.88. The van der Waals surface area contributed by atoms with Crippen LogP contribution in [0.2, 0.25) is 0 Å². The van der Waals surface area contributed by atoms with Crippen molar-refractivity contribution in [3.63, 3.8) is 0 Å². The molecule has 0 fully saturated rings. The number of carbonyl (C=O) groups excluding carboxylic acids is 1. The van der Waals surface area contributed by atoms with Crippen molar-refractivity contribution in [2.24, 2.45) is 7.05 Å². The molecule has 5 nitrogen and oxygen atoms in total. The van der Waals surface area contributed by atoms with Crippen LogP contribution in [-0.4, -0.2) is 40.7 Å². The Morgan fingerprint density at radius 3 is 2.77 bits per heavy atom. The lowest BCUT2D eigenvalue weighted by Crippen LogP contribution is -2.32. The van der Waals surface area contributed by atoms with Gasteiger partial charge in [0.25, 0.3) is 0 Å². The molecular weight excluding hydrogens is 276 g/mol. The third kappa shape index (κ3) is 4.43. The highest BCUT2D eigenvalue weighted by atomic mass is 16.2. The van der Waals surface area contributed by atoms with Crippen molar-refractivity contribution in [1.29, 1.82) is 0 Å². The number of benzene rings is 1. The highest BCUT2D eigenvalue weighted by molar-refractivity contribution is 5.76. The first kappa shape index (κ1) is 16.2. The van der Waals surface area contributed by atoms with Crippen molar-refractivity contribution in [2.45, 2.75) is 25.9 Å². The number of hydrogen-bond donors (Lipinski definition) is 1. The molecule has 118 valence electrons. The molecule has 1 heterocycles. The summed E-state index contributed by atoms with van der Waals surface area (Å²) in [4.78, 5) is 13.3. The second kappa shape index (κ2) is 7.22. The molecule has 0 aliphatic heterocycles. The van der Waals surface area contributed by atoms with Gasteiger partial charge < -0.3 is 10.2 Å². The normalized spacial score (nSPS) is 12.2. The first-order chi connectivity index (χ1) is 10.5. The van der Waals surface area contributed by atoms with Crippen LogP contribution in [0.3, 0.4) is 0 Å². The highest BCUT2D eigenvalue weighted by Gasteiger charge is 2.10. The predicted molar refractivity (Wildman–Crippen MR) is 88.3 cm³/mol. The van der Waals surface area contributed by atoms with Crippen LogP contribution in [0.4, 0.5) is 0 Å². The van der Waals surface area contributed by atoms with E-state index in [1.54, 1.807) is 23.7 Å². The SMILES string of the molecule is C[C@H](CC(=O)N(C)C)NCc1cccc(-c2cnn(C)c2)c1. The Bertz CT molecular complexity index is 633. The van der Waals surface area contributed by atoms with Gasteiger partial charge in [-0.2, -0.15) is 5.10 Å². The number of nitrogens with one attached hydrogen (secondary N) is 1. The average molecular weight is 300 g/mol. The summed E-state index contributed by atoms with van der Waals surface area (Å²) in [5.41, 5.74) is 3.47. The number of hydrogen-bond acceptors (Lipinski definition) is 3. The van der Waals surface area contributed by atoms with E-state index in [1.807, 2.05) is 26.4 Å². The van der Waals surface area contributed by atoms with Crippen LogP contribution in [0.15, 0.2) is 36.7 Å². The largest absolute Gasteiger partial charge is 0.349 e. The Kier molecular flexibility index (Phi) is 5.33. The van der Waals surface area contributed by atoms with Gasteiger partial charge in [0.1, 0.15) is 0 Å². The molecule has 1 amide bonds. The molecule has 2 rings (SSSR count). The summed E-state index contributed by atoms with van der Waals surface area (Å²) in [5, 5.41) is 7.61. The summed E-state index contributed by atoms with van der Waals surface area (Å²) < 4.78 is 1.80. The average Bonchev–Trinajstić information content (AvgIpc) is 2.92. The molecule has 0 saturated heterocycles. The summed E-state index contributed by atoms with van der Waals surface area (Å²) >= 11 is 0. The van der Waals surface area contributed by atoms with E-state index < -0.39 is 0 Å². The van der Waals surface area contributed by atoms with Gasteiger partial charge in [0.2, 0.25) is 5.91 Å². The summed E-state index contributed by atoms with van der Waals surface area (Å²) in [6, 6.07) is 8.53. The zero-order valence-electron chi connectivity index (χ0n) is 13.7. The number of nitrogens with zero attached hydrogens (tertiary/aromatic N) is 3. The Balaban J connectivity index is 1.95. The van der Waals surface area contributed by atoms with E-state index in [9.17, 15) is 4.79 Å². The molecule has 1 aromatic heterocycles. The van der Waals surface area contributed by atoms with E-state index in [0.29, 0.717) is 6.42 Å². The van der Waals surface area contributed by atoms with E-state index in [-0.39, 0.29) is 11.9 Å². The van der Waals surface area contributed by atoms with Gasteiger partial charge in [-0.15, -0.1) is 0 Å². The lowest BCUT2D eigenvalue weighted by Gasteiger charge is -2.16. The van der Waals surface area contributed by atoms with Gasteiger partial charge in [0.15, 0.2) is 0 Å². The first-order valence-corrected chi connectivity index (χ1v) is 7.47. The van der Waals surface area contributed by atoms with Crippen molar-refractivity contribution in [3.8, 4) is 11.1 Å². The van der Waals surface area contributed by atoms with E-state index >= 15 is 0 Å². The topological polar surface area (TPSA) is 50.2 Å². The van der Waals surface area contributed by atoms with Gasteiger partial charge in [-0.05, 0) is 24.1 Å². The third-order valence-electron chi connectivity index (χ3n) is 3.60. The van der Waals surface area contributed by atoms with Gasteiger partial charge in [-0.25, -0.2) is 0 Å². The molecule has 0 saturated carbocycles. The number of carbonyl (C=O) groups is 1. The maximum Gasteiger partial charge on any atom is 0.223 e. The highest BCUT2D eigenvalue weighted by Crippen LogP contribution is 2.19. The zero-order chi connectivity index (χ0) is 16.1. The Morgan fingerprint density at radius 1 is 1.36 bits per heavy atom. The Labute approximate surface area is 131 Å². The van der Waals surface area contributed by atoms with Crippen LogP contribution < -0.4 is 5.32 Å². The lowest BCUT2D eigenvalue weighted by atomic mass is 10.1. The molecule has 0 aliphatic rings. The first-order valence-electron chi connectivity index (χ1n) is 7.47. The van der Waals surface area contributed by atoms with Crippen LogP contribution in [-0.2, 0) is 18.4 Å². The van der Waals surface area contributed by atoms with E-state index in [2.05, 4.69) is 34.7 Å². The minimum Gasteiger partial charge on any atom is -0.349 e. The molecule has 5 heteroatoms. The minimum atomic E-state index is 0.143. The molecule has 0 aliphatic carbocycles. The van der Waals surface area contributed by atoms with Gasteiger partial charge >= 0.3 is 0 Å². The van der Waals surface area contributed by atoms with E-state index in [4.69, 9.17) is 0 Å². The monoisotopic (exact) mass is 300 g/mol. The quantitative estimate of drug-likeness (QED) is 0.888. The fraction of sp³-hybridized carbons (Fsp3) is 0.412. The molecule has 22 heavy (non-hydrogen) atoms. The zero-order valence-corrected chi connectivity index (χ0v) is 13.7. The molecule has 0 radical (unpaired) electrons. The fourth-order valence-corrected chi connectivity index (χ4v) is 2.24. The summed E-state index contributed by atoms with van der Waals surface area (Å²) in [6.45, 7) is 2.78. The molecule has 2 aromatic rings. The molecule has 0 unspecified atom stereocenters. The van der Waals surface area contributed by atoms with Crippen LogP contribution in [0.25, 0.3) is 11.1 Å². The summed E-state index contributed by atoms with van der Waals surface area (Å²) in [5.74, 6) is 0.143. The maximum absolute atomic E-state index is 11.7.